The van der Waals surface area contributed by atoms with Crippen LogP contribution < -0.4 is 5.73 Å². The second-order valence-electron chi connectivity index (χ2n) is 2.27. The Morgan fingerprint density at radius 1 is 1.10 bits per heavy atom. The van der Waals surface area contributed by atoms with Crippen LogP contribution in [-0.4, -0.2) is 6.54 Å². The Labute approximate surface area is 64.0 Å². The van der Waals surface area contributed by atoms with Crippen LogP contribution in [0.1, 0.15) is 39.0 Å². The van der Waals surface area contributed by atoms with Crippen LogP contribution in [0.15, 0.2) is 0 Å². The van der Waals surface area contributed by atoms with Crippen molar-refractivity contribution in [3.63, 3.8) is 0 Å². The van der Waals surface area contributed by atoms with Crippen molar-refractivity contribution in [2.75, 3.05) is 6.54 Å². The molecule has 1 radical (unpaired) electrons. The molecule has 0 spiro atoms. The molecule has 0 bridgehead atoms. The van der Waals surface area contributed by atoms with Gasteiger partial charge >= 0.3 is 0 Å². The van der Waals surface area contributed by atoms with Gasteiger partial charge in [0.15, 0.2) is 0 Å². The monoisotopic (exact) mass is 138 g/mol. The van der Waals surface area contributed by atoms with E-state index in [1.54, 1.807) is 0 Å². The van der Waals surface area contributed by atoms with Crippen molar-refractivity contribution in [2.24, 2.45) is 0 Å². The van der Waals surface area contributed by atoms with Gasteiger partial charge < -0.3 is 0 Å². The van der Waals surface area contributed by atoms with Crippen molar-refractivity contribution in [2.45, 2.75) is 39.0 Å². The SMILES string of the molecule is CCC#CCCCCC[NH]. The average Bonchev–Trinajstić information content (AvgIpc) is 1.97. The third kappa shape index (κ3) is 7.52. The lowest BCUT2D eigenvalue weighted by molar-refractivity contribution is 0.694. The number of rotatable bonds is 4. The maximum atomic E-state index is 6.88. The predicted octanol–water partition coefficient (Wildman–Crippen LogP) is 2.24. The molecule has 0 aliphatic heterocycles. The van der Waals surface area contributed by atoms with Crippen LogP contribution in [-0.2, 0) is 0 Å². The molecule has 1 N–H and O–H groups in total. The highest BCUT2D eigenvalue weighted by molar-refractivity contribution is 4.97. The van der Waals surface area contributed by atoms with Crippen LogP contribution in [0, 0.1) is 11.8 Å². The van der Waals surface area contributed by atoms with E-state index in [0.29, 0.717) is 6.54 Å². The van der Waals surface area contributed by atoms with Gasteiger partial charge in [0, 0.05) is 19.4 Å². The van der Waals surface area contributed by atoms with Crippen LogP contribution in [0.3, 0.4) is 0 Å². The molecule has 0 rings (SSSR count). The van der Waals surface area contributed by atoms with Gasteiger partial charge in [0.05, 0.1) is 0 Å². The van der Waals surface area contributed by atoms with Crippen LogP contribution >= 0.6 is 0 Å². The second-order valence-corrected chi connectivity index (χ2v) is 2.27. The lowest BCUT2D eigenvalue weighted by atomic mass is 10.2. The summed E-state index contributed by atoms with van der Waals surface area (Å²) < 4.78 is 0. The highest BCUT2D eigenvalue weighted by atomic mass is 14.5. The van der Waals surface area contributed by atoms with Gasteiger partial charge in [0.2, 0.25) is 0 Å². The minimum atomic E-state index is 0.571. The number of hydrogen-bond donors (Lipinski definition) is 0. The van der Waals surface area contributed by atoms with E-state index in [0.717, 1.165) is 19.3 Å². The minimum Gasteiger partial charge on any atom is -0.258 e. The first-order valence-electron chi connectivity index (χ1n) is 4.02. The highest BCUT2D eigenvalue weighted by Gasteiger charge is 1.83. The standard InChI is InChI=1S/C9H16N/c1-2-3-4-5-6-7-8-9-10/h10H,2,5-9H2,1H3. The summed E-state index contributed by atoms with van der Waals surface area (Å²) in [5.41, 5.74) is 6.88. The Morgan fingerprint density at radius 2 is 1.90 bits per heavy atom. The lowest BCUT2D eigenvalue weighted by Crippen LogP contribution is -1.83. The first-order valence-corrected chi connectivity index (χ1v) is 4.02. The first kappa shape index (κ1) is 9.52. The van der Waals surface area contributed by atoms with Crippen molar-refractivity contribution in [1.29, 1.82) is 0 Å². The van der Waals surface area contributed by atoms with Gasteiger partial charge in [-0.25, -0.2) is 0 Å². The topological polar surface area (TPSA) is 23.8 Å². The quantitative estimate of drug-likeness (QED) is 0.420. The Bertz CT molecular complexity index is 108. The molecule has 0 aromatic rings. The zero-order valence-corrected chi connectivity index (χ0v) is 6.74. The summed E-state index contributed by atoms with van der Waals surface area (Å²) in [6, 6.07) is 0. The van der Waals surface area contributed by atoms with Gasteiger partial charge in [0.1, 0.15) is 0 Å². The van der Waals surface area contributed by atoms with Crippen LogP contribution in [0.2, 0.25) is 0 Å². The largest absolute Gasteiger partial charge is 0.258 e. The Morgan fingerprint density at radius 3 is 2.50 bits per heavy atom. The minimum absolute atomic E-state index is 0.571. The molecule has 0 fully saturated rings. The molecule has 0 aromatic heterocycles. The van der Waals surface area contributed by atoms with E-state index in [1.807, 2.05) is 0 Å². The van der Waals surface area contributed by atoms with E-state index in [-0.39, 0.29) is 0 Å². The Balaban J connectivity index is 2.90. The normalized spacial score (nSPS) is 8.60. The summed E-state index contributed by atoms with van der Waals surface area (Å²) in [7, 11) is 0. The summed E-state index contributed by atoms with van der Waals surface area (Å²) >= 11 is 0. The van der Waals surface area contributed by atoms with E-state index < -0.39 is 0 Å². The lowest BCUT2D eigenvalue weighted by Gasteiger charge is -1.90. The van der Waals surface area contributed by atoms with Crippen molar-refractivity contribution in [3.05, 3.63) is 0 Å². The van der Waals surface area contributed by atoms with Gasteiger partial charge in [-0.3, -0.25) is 5.73 Å². The third-order valence-electron chi connectivity index (χ3n) is 1.28. The summed E-state index contributed by atoms with van der Waals surface area (Å²) in [5, 5.41) is 0. The van der Waals surface area contributed by atoms with Crippen LogP contribution in [0.25, 0.3) is 0 Å². The number of nitrogens with one attached hydrogen (secondary N) is 1. The van der Waals surface area contributed by atoms with Crippen LogP contribution in [0.4, 0.5) is 0 Å². The Kier molecular flexibility index (Phi) is 8.11. The molecule has 1 nitrogen and oxygen atoms in total. The van der Waals surface area contributed by atoms with Crippen molar-refractivity contribution in [3.8, 4) is 11.8 Å². The molecule has 0 aliphatic carbocycles. The maximum Gasteiger partial charge on any atom is 0.00997 e. The number of hydrogen-bond acceptors (Lipinski definition) is 0. The molecule has 0 heterocycles. The van der Waals surface area contributed by atoms with E-state index in [1.165, 1.54) is 12.8 Å². The molecule has 0 unspecified atom stereocenters. The average molecular weight is 138 g/mol. The fourth-order valence-corrected chi connectivity index (χ4v) is 0.729. The van der Waals surface area contributed by atoms with Gasteiger partial charge in [0.25, 0.3) is 0 Å². The zero-order chi connectivity index (χ0) is 7.66. The van der Waals surface area contributed by atoms with E-state index in [4.69, 9.17) is 5.73 Å². The molecule has 0 amide bonds. The summed E-state index contributed by atoms with van der Waals surface area (Å²) in [5.74, 6) is 6.11. The second kappa shape index (κ2) is 8.52. The summed E-state index contributed by atoms with van der Waals surface area (Å²) in [6.45, 7) is 2.64. The fraction of sp³-hybridized carbons (Fsp3) is 0.778. The molecule has 57 valence electrons. The molecule has 10 heavy (non-hydrogen) atoms. The fourth-order valence-electron chi connectivity index (χ4n) is 0.729. The highest BCUT2D eigenvalue weighted by Crippen LogP contribution is 1.96. The zero-order valence-electron chi connectivity index (χ0n) is 6.74. The molecular formula is C9H16N. The molecule has 0 saturated carbocycles. The first-order chi connectivity index (χ1) is 4.91. The smallest absolute Gasteiger partial charge is 0.00997 e. The third-order valence-corrected chi connectivity index (χ3v) is 1.28. The molecule has 1 heteroatoms. The van der Waals surface area contributed by atoms with Crippen molar-refractivity contribution in [1.82, 2.24) is 5.73 Å². The van der Waals surface area contributed by atoms with Gasteiger partial charge in [-0.2, -0.15) is 0 Å². The molecule has 0 aromatic carbocycles. The maximum absolute atomic E-state index is 6.88. The van der Waals surface area contributed by atoms with Crippen molar-refractivity contribution < 1.29 is 0 Å². The predicted molar refractivity (Wildman–Crippen MR) is 44.5 cm³/mol. The summed E-state index contributed by atoms with van der Waals surface area (Å²) in [4.78, 5) is 0. The van der Waals surface area contributed by atoms with Crippen molar-refractivity contribution >= 4 is 0 Å². The molecule has 0 atom stereocenters. The molecule has 0 saturated heterocycles. The summed E-state index contributed by atoms with van der Waals surface area (Å²) in [6.07, 6.45) is 5.37. The van der Waals surface area contributed by atoms with E-state index in [2.05, 4.69) is 18.8 Å². The molecule has 0 aliphatic rings. The van der Waals surface area contributed by atoms with E-state index >= 15 is 0 Å². The Hall–Kier alpha value is -0.480. The van der Waals surface area contributed by atoms with E-state index in [9.17, 15) is 0 Å². The van der Waals surface area contributed by atoms with Gasteiger partial charge in [-0.1, -0.05) is 13.3 Å². The van der Waals surface area contributed by atoms with Gasteiger partial charge in [-0.15, -0.1) is 11.8 Å². The number of unbranched alkanes of at least 4 members (excludes halogenated alkanes) is 3. The van der Waals surface area contributed by atoms with Gasteiger partial charge in [-0.05, 0) is 12.8 Å². The van der Waals surface area contributed by atoms with Crippen LogP contribution in [0.5, 0.6) is 0 Å². The molecular weight excluding hydrogens is 122 g/mol.